The molecule has 2 aliphatic rings. The molecule has 116 valence electrons. The average Bonchev–Trinajstić information content (AvgIpc) is 3.23. The number of esters is 1. The van der Waals surface area contributed by atoms with Gasteiger partial charge in [0.1, 0.15) is 0 Å². The summed E-state index contributed by atoms with van der Waals surface area (Å²) in [5, 5.41) is 0. The standard InChI is InChI=1S/C15H28N2O3/c1-4-19-15(18)11-17(13-5-6-13)10-14-9-16(12(2)3)7-8-20-14/h12-14H,4-11H2,1-3H3. The van der Waals surface area contributed by atoms with Crippen LogP contribution in [0.2, 0.25) is 0 Å². The van der Waals surface area contributed by atoms with Crippen molar-refractivity contribution in [2.24, 2.45) is 0 Å². The molecule has 5 heteroatoms. The minimum absolute atomic E-state index is 0.115. The second kappa shape index (κ2) is 7.38. The second-order valence-electron chi connectivity index (χ2n) is 6.05. The van der Waals surface area contributed by atoms with Gasteiger partial charge in [-0.05, 0) is 33.6 Å². The Hall–Kier alpha value is -0.650. The van der Waals surface area contributed by atoms with E-state index in [1.807, 2.05) is 6.92 Å². The lowest BCUT2D eigenvalue weighted by Gasteiger charge is -2.37. The van der Waals surface area contributed by atoms with Gasteiger partial charge in [0.15, 0.2) is 0 Å². The summed E-state index contributed by atoms with van der Waals surface area (Å²) in [6.45, 7) is 10.8. The van der Waals surface area contributed by atoms with Gasteiger partial charge >= 0.3 is 5.97 Å². The maximum absolute atomic E-state index is 11.7. The van der Waals surface area contributed by atoms with E-state index >= 15 is 0 Å². The van der Waals surface area contributed by atoms with Crippen LogP contribution < -0.4 is 0 Å². The highest BCUT2D eigenvalue weighted by atomic mass is 16.5. The number of hydrogen-bond acceptors (Lipinski definition) is 5. The summed E-state index contributed by atoms with van der Waals surface area (Å²) in [4.78, 5) is 16.4. The van der Waals surface area contributed by atoms with Crippen molar-refractivity contribution in [1.29, 1.82) is 0 Å². The molecule has 5 nitrogen and oxygen atoms in total. The third-order valence-electron chi connectivity index (χ3n) is 4.04. The van der Waals surface area contributed by atoms with Gasteiger partial charge in [-0.25, -0.2) is 0 Å². The molecule has 0 aromatic rings. The zero-order valence-corrected chi connectivity index (χ0v) is 13.0. The van der Waals surface area contributed by atoms with E-state index in [0.29, 0.717) is 25.2 Å². The summed E-state index contributed by atoms with van der Waals surface area (Å²) in [5.74, 6) is -0.115. The van der Waals surface area contributed by atoms with E-state index in [9.17, 15) is 4.79 Å². The van der Waals surface area contributed by atoms with E-state index in [1.165, 1.54) is 12.8 Å². The van der Waals surface area contributed by atoms with Crippen LogP contribution in [0, 0.1) is 0 Å². The molecule has 20 heavy (non-hydrogen) atoms. The summed E-state index contributed by atoms with van der Waals surface area (Å²) in [7, 11) is 0. The molecule has 2 rings (SSSR count). The fourth-order valence-electron chi connectivity index (χ4n) is 2.74. The van der Waals surface area contributed by atoms with Crippen molar-refractivity contribution in [1.82, 2.24) is 9.80 Å². The number of ether oxygens (including phenoxy) is 2. The highest BCUT2D eigenvalue weighted by Crippen LogP contribution is 2.27. The Labute approximate surface area is 122 Å². The summed E-state index contributed by atoms with van der Waals surface area (Å²) in [5.41, 5.74) is 0. The van der Waals surface area contributed by atoms with Gasteiger partial charge in [0.2, 0.25) is 0 Å². The molecule has 0 bridgehead atoms. The van der Waals surface area contributed by atoms with E-state index < -0.39 is 0 Å². The predicted octanol–water partition coefficient (Wildman–Crippen LogP) is 1.12. The molecule has 1 aliphatic heterocycles. The van der Waals surface area contributed by atoms with Crippen molar-refractivity contribution in [3.63, 3.8) is 0 Å². The van der Waals surface area contributed by atoms with Gasteiger partial charge in [-0.1, -0.05) is 0 Å². The van der Waals surface area contributed by atoms with Crippen LogP contribution in [0.3, 0.4) is 0 Å². The van der Waals surface area contributed by atoms with Crippen LogP contribution in [0.1, 0.15) is 33.6 Å². The summed E-state index contributed by atoms with van der Waals surface area (Å²) >= 11 is 0. The van der Waals surface area contributed by atoms with Crippen LogP contribution in [0.15, 0.2) is 0 Å². The molecule has 0 radical (unpaired) electrons. The van der Waals surface area contributed by atoms with Gasteiger partial charge in [-0.15, -0.1) is 0 Å². The first-order chi connectivity index (χ1) is 9.60. The zero-order chi connectivity index (χ0) is 14.5. The van der Waals surface area contributed by atoms with Gasteiger partial charge < -0.3 is 9.47 Å². The lowest BCUT2D eigenvalue weighted by molar-refractivity contribution is -0.145. The molecule has 1 atom stereocenters. The number of carbonyl (C=O) groups is 1. The Morgan fingerprint density at radius 1 is 1.45 bits per heavy atom. The highest BCUT2D eigenvalue weighted by molar-refractivity contribution is 5.71. The molecule has 0 N–H and O–H groups in total. The first-order valence-electron chi connectivity index (χ1n) is 7.85. The molecule has 1 saturated carbocycles. The largest absolute Gasteiger partial charge is 0.465 e. The fourth-order valence-corrected chi connectivity index (χ4v) is 2.74. The van der Waals surface area contributed by atoms with E-state index in [2.05, 4.69) is 23.6 Å². The number of rotatable bonds is 7. The molecule has 0 aromatic carbocycles. The van der Waals surface area contributed by atoms with Crippen molar-refractivity contribution >= 4 is 5.97 Å². The summed E-state index contributed by atoms with van der Waals surface area (Å²) in [6.07, 6.45) is 2.60. The summed E-state index contributed by atoms with van der Waals surface area (Å²) < 4.78 is 10.9. The number of carbonyl (C=O) groups excluding carboxylic acids is 1. The van der Waals surface area contributed by atoms with Crippen LogP contribution in [-0.2, 0) is 14.3 Å². The van der Waals surface area contributed by atoms with Gasteiger partial charge in [0, 0.05) is 31.7 Å². The van der Waals surface area contributed by atoms with Crippen molar-refractivity contribution < 1.29 is 14.3 Å². The minimum Gasteiger partial charge on any atom is -0.465 e. The maximum Gasteiger partial charge on any atom is 0.320 e. The maximum atomic E-state index is 11.7. The fraction of sp³-hybridized carbons (Fsp3) is 0.933. The molecule has 1 aliphatic carbocycles. The molecule has 0 spiro atoms. The van der Waals surface area contributed by atoms with E-state index in [0.717, 1.165) is 26.2 Å². The normalized spacial score (nSPS) is 24.4. The Balaban J connectivity index is 1.83. The molecule has 0 amide bonds. The van der Waals surface area contributed by atoms with E-state index in [-0.39, 0.29) is 12.1 Å². The van der Waals surface area contributed by atoms with Crippen LogP contribution in [0.4, 0.5) is 0 Å². The molecule has 2 fully saturated rings. The second-order valence-corrected chi connectivity index (χ2v) is 6.05. The van der Waals surface area contributed by atoms with Gasteiger partial charge in [0.25, 0.3) is 0 Å². The third-order valence-corrected chi connectivity index (χ3v) is 4.04. The topological polar surface area (TPSA) is 42.0 Å². The Bertz CT molecular complexity index is 318. The van der Waals surface area contributed by atoms with Gasteiger partial charge in [-0.2, -0.15) is 0 Å². The quantitative estimate of drug-likeness (QED) is 0.656. The van der Waals surface area contributed by atoms with Crippen molar-refractivity contribution in [2.75, 3.05) is 39.4 Å². The number of nitrogens with zero attached hydrogens (tertiary/aromatic N) is 2. The van der Waals surface area contributed by atoms with Gasteiger partial charge in [-0.3, -0.25) is 14.6 Å². The lowest BCUT2D eigenvalue weighted by Crippen LogP contribution is -2.50. The molecule has 1 saturated heterocycles. The molecule has 0 aromatic heterocycles. The van der Waals surface area contributed by atoms with Crippen LogP contribution >= 0.6 is 0 Å². The van der Waals surface area contributed by atoms with Crippen LogP contribution in [0.5, 0.6) is 0 Å². The molecule has 1 unspecified atom stereocenters. The Kier molecular flexibility index (Phi) is 5.81. The van der Waals surface area contributed by atoms with Crippen molar-refractivity contribution in [2.45, 2.75) is 51.8 Å². The molecular weight excluding hydrogens is 256 g/mol. The zero-order valence-electron chi connectivity index (χ0n) is 13.0. The number of morpholine rings is 1. The smallest absolute Gasteiger partial charge is 0.320 e. The SMILES string of the molecule is CCOC(=O)CN(CC1CN(C(C)C)CCO1)C1CC1. The Morgan fingerprint density at radius 2 is 2.20 bits per heavy atom. The number of hydrogen-bond donors (Lipinski definition) is 0. The van der Waals surface area contributed by atoms with Crippen molar-refractivity contribution in [3.05, 3.63) is 0 Å². The van der Waals surface area contributed by atoms with Crippen LogP contribution in [0.25, 0.3) is 0 Å². The average molecular weight is 284 g/mol. The monoisotopic (exact) mass is 284 g/mol. The summed E-state index contributed by atoms with van der Waals surface area (Å²) in [6, 6.07) is 1.11. The first-order valence-corrected chi connectivity index (χ1v) is 7.85. The van der Waals surface area contributed by atoms with Crippen molar-refractivity contribution in [3.8, 4) is 0 Å². The van der Waals surface area contributed by atoms with E-state index in [1.54, 1.807) is 0 Å². The van der Waals surface area contributed by atoms with Crippen LogP contribution in [-0.4, -0.2) is 73.3 Å². The first kappa shape index (κ1) is 15.7. The highest BCUT2D eigenvalue weighted by Gasteiger charge is 2.33. The Morgan fingerprint density at radius 3 is 2.80 bits per heavy atom. The van der Waals surface area contributed by atoms with E-state index in [4.69, 9.17) is 9.47 Å². The van der Waals surface area contributed by atoms with Gasteiger partial charge in [0.05, 0.1) is 25.9 Å². The third kappa shape index (κ3) is 4.72. The predicted molar refractivity (Wildman–Crippen MR) is 77.7 cm³/mol. The molecular formula is C15H28N2O3. The minimum atomic E-state index is -0.115. The lowest BCUT2D eigenvalue weighted by atomic mass is 10.2. The molecule has 1 heterocycles.